The molecule has 0 amide bonds. The van der Waals surface area contributed by atoms with Gasteiger partial charge in [-0.3, -0.25) is 0 Å². The maximum atomic E-state index is 15.3. The highest BCUT2D eigenvalue weighted by Crippen LogP contribution is 2.36. The van der Waals surface area contributed by atoms with Gasteiger partial charge in [0.15, 0.2) is 23.1 Å². The Balaban J connectivity index is 1.66. The first-order valence-electron chi connectivity index (χ1n) is 16.8. The highest BCUT2D eigenvalue weighted by atomic mass is 19.2. The Morgan fingerprint density at radius 3 is 1.62 bits per heavy atom. The Hall–Kier alpha value is -3.48. The van der Waals surface area contributed by atoms with Crippen LogP contribution in [-0.4, -0.2) is 24.3 Å². The Morgan fingerprint density at radius 2 is 1.07 bits per heavy atom. The molecule has 7 heteroatoms. The van der Waals surface area contributed by atoms with Gasteiger partial charge in [0, 0.05) is 5.56 Å². The molecule has 1 N–H and O–H groups in total. The molecular weight excluding hydrogens is 577 g/mol. The van der Waals surface area contributed by atoms with Crippen LogP contribution < -0.4 is 9.47 Å². The minimum Gasteiger partial charge on any atom is -0.491 e. The number of aromatic carboxylic acids is 1. The van der Waals surface area contributed by atoms with Crippen LogP contribution in [0.3, 0.4) is 0 Å². The summed E-state index contributed by atoms with van der Waals surface area (Å²) in [6, 6.07) is 11.5. The molecule has 0 bridgehead atoms. The van der Waals surface area contributed by atoms with Gasteiger partial charge in [0.2, 0.25) is 5.82 Å². The number of benzene rings is 3. The molecule has 0 fully saturated rings. The average Bonchev–Trinajstić information content (AvgIpc) is 3.03. The maximum absolute atomic E-state index is 15.3. The van der Waals surface area contributed by atoms with Crippen molar-refractivity contribution in [3.8, 4) is 33.8 Å². The Labute approximate surface area is 267 Å². The second-order valence-corrected chi connectivity index (χ2v) is 11.7. The van der Waals surface area contributed by atoms with E-state index < -0.39 is 23.4 Å². The van der Waals surface area contributed by atoms with Gasteiger partial charge in [-0.1, -0.05) is 109 Å². The predicted molar refractivity (Wildman–Crippen MR) is 176 cm³/mol. The number of carboxylic acid groups (broad SMARTS) is 1. The summed E-state index contributed by atoms with van der Waals surface area (Å²) in [7, 11) is 0. The van der Waals surface area contributed by atoms with Crippen molar-refractivity contribution in [1.82, 2.24) is 0 Å². The lowest BCUT2D eigenvalue weighted by Gasteiger charge is -2.14. The van der Waals surface area contributed by atoms with E-state index in [1.807, 2.05) is 0 Å². The van der Waals surface area contributed by atoms with Crippen molar-refractivity contribution in [1.29, 1.82) is 0 Å². The van der Waals surface area contributed by atoms with Gasteiger partial charge in [0.05, 0.1) is 18.8 Å². The highest BCUT2D eigenvalue weighted by molar-refractivity contribution is 5.97. The van der Waals surface area contributed by atoms with Crippen LogP contribution in [0, 0.1) is 17.5 Å². The predicted octanol–water partition coefficient (Wildman–Crippen LogP) is 11.8. The molecular formula is C38H49F3O4. The summed E-state index contributed by atoms with van der Waals surface area (Å²) < 4.78 is 56.5. The largest absolute Gasteiger partial charge is 0.491 e. The molecule has 0 aromatic heterocycles. The molecule has 0 atom stereocenters. The van der Waals surface area contributed by atoms with Gasteiger partial charge in [0.1, 0.15) is 0 Å². The first kappa shape index (κ1) is 36.0. The van der Waals surface area contributed by atoms with E-state index in [9.17, 15) is 14.3 Å². The summed E-state index contributed by atoms with van der Waals surface area (Å²) >= 11 is 0. The Kier molecular flexibility index (Phi) is 15.8. The molecule has 3 rings (SSSR count). The molecule has 0 aliphatic rings. The Morgan fingerprint density at radius 1 is 0.578 bits per heavy atom. The third-order valence-corrected chi connectivity index (χ3v) is 8.11. The summed E-state index contributed by atoms with van der Waals surface area (Å²) in [5.74, 6) is -4.25. The number of halogens is 3. The van der Waals surface area contributed by atoms with E-state index in [1.165, 1.54) is 93.8 Å². The summed E-state index contributed by atoms with van der Waals surface area (Å²) in [5.41, 5.74) is 0.508. The molecule has 246 valence electrons. The van der Waals surface area contributed by atoms with Gasteiger partial charge in [-0.05, 0) is 65.9 Å². The SMILES string of the molecule is CCCCCCCCCCOc1ccc(-c2ccc(C(=O)O)c(-c3ccc(OCCCCCCCCC)c(F)c3F)c2)cc1F. The van der Waals surface area contributed by atoms with Crippen LogP contribution in [0.1, 0.15) is 121 Å². The smallest absolute Gasteiger partial charge is 0.336 e. The molecule has 0 spiro atoms. The summed E-state index contributed by atoms with van der Waals surface area (Å²) in [6.45, 7) is 5.06. The first-order valence-corrected chi connectivity index (χ1v) is 16.8. The average molecular weight is 627 g/mol. The van der Waals surface area contributed by atoms with Crippen molar-refractivity contribution in [3.63, 3.8) is 0 Å². The molecule has 0 aliphatic carbocycles. The van der Waals surface area contributed by atoms with Crippen LogP contribution in [0.15, 0.2) is 48.5 Å². The molecule has 0 saturated carbocycles. The molecule has 4 nitrogen and oxygen atoms in total. The van der Waals surface area contributed by atoms with E-state index in [-0.39, 0.29) is 34.8 Å². The van der Waals surface area contributed by atoms with E-state index in [0.717, 1.165) is 44.9 Å². The minimum atomic E-state index is -1.29. The van der Waals surface area contributed by atoms with E-state index in [2.05, 4.69) is 13.8 Å². The molecule has 0 aliphatic heterocycles. The topological polar surface area (TPSA) is 55.8 Å². The number of carboxylic acids is 1. The maximum Gasteiger partial charge on any atom is 0.336 e. The zero-order valence-electron chi connectivity index (χ0n) is 26.9. The van der Waals surface area contributed by atoms with Crippen LogP contribution in [0.5, 0.6) is 11.5 Å². The fourth-order valence-electron chi connectivity index (χ4n) is 5.44. The van der Waals surface area contributed by atoms with E-state index in [1.54, 1.807) is 6.07 Å². The second-order valence-electron chi connectivity index (χ2n) is 11.7. The van der Waals surface area contributed by atoms with Gasteiger partial charge < -0.3 is 14.6 Å². The number of rotatable bonds is 22. The van der Waals surface area contributed by atoms with Gasteiger partial charge in [-0.2, -0.15) is 4.39 Å². The highest BCUT2D eigenvalue weighted by Gasteiger charge is 2.21. The quantitative estimate of drug-likeness (QED) is 0.113. The summed E-state index contributed by atoms with van der Waals surface area (Å²) in [6.07, 6.45) is 16.8. The normalized spacial score (nSPS) is 11.1. The van der Waals surface area contributed by atoms with Gasteiger partial charge in [-0.15, -0.1) is 0 Å². The number of ether oxygens (including phenoxy) is 2. The van der Waals surface area contributed by atoms with E-state index in [0.29, 0.717) is 17.7 Å². The first-order chi connectivity index (χ1) is 21.9. The second kappa shape index (κ2) is 19.8. The van der Waals surface area contributed by atoms with Crippen LogP contribution in [0.2, 0.25) is 0 Å². The van der Waals surface area contributed by atoms with Crippen molar-refractivity contribution in [2.45, 2.75) is 110 Å². The number of unbranched alkanes of at least 4 members (excludes halogenated alkanes) is 13. The third-order valence-electron chi connectivity index (χ3n) is 8.11. The van der Waals surface area contributed by atoms with Crippen molar-refractivity contribution < 1.29 is 32.5 Å². The van der Waals surface area contributed by atoms with Crippen LogP contribution in [0.25, 0.3) is 22.3 Å². The van der Waals surface area contributed by atoms with E-state index in [4.69, 9.17) is 9.47 Å². The lowest BCUT2D eigenvalue weighted by Crippen LogP contribution is -2.04. The van der Waals surface area contributed by atoms with Crippen LogP contribution in [-0.2, 0) is 0 Å². The fraction of sp³-hybridized carbons (Fsp3) is 0.500. The van der Waals surface area contributed by atoms with Gasteiger partial charge in [0.25, 0.3) is 0 Å². The fourth-order valence-corrected chi connectivity index (χ4v) is 5.44. The molecule has 45 heavy (non-hydrogen) atoms. The standard InChI is InChI=1S/C38H49F3O4/c1-3-5-7-9-11-13-15-16-24-44-34-22-19-29(27-33(34)39)28-18-20-31(38(42)43)32(26-28)30-21-23-35(37(41)36(30)40)45-25-17-14-12-10-8-6-4-2/h18-23,26-27H,3-17,24-25H2,1-2H3,(H,42,43). The lowest BCUT2D eigenvalue weighted by molar-refractivity contribution is 0.0697. The number of hydrogen-bond donors (Lipinski definition) is 1. The monoisotopic (exact) mass is 626 g/mol. The molecule has 0 radical (unpaired) electrons. The Bertz CT molecular complexity index is 1340. The van der Waals surface area contributed by atoms with Crippen LogP contribution in [0.4, 0.5) is 13.2 Å². The van der Waals surface area contributed by atoms with Crippen molar-refractivity contribution in [3.05, 3.63) is 71.5 Å². The zero-order chi connectivity index (χ0) is 32.4. The molecule has 3 aromatic rings. The van der Waals surface area contributed by atoms with Gasteiger partial charge in [-0.25, -0.2) is 13.6 Å². The van der Waals surface area contributed by atoms with Crippen molar-refractivity contribution in [2.75, 3.05) is 13.2 Å². The molecule has 0 unspecified atom stereocenters. The third kappa shape index (κ3) is 11.4. The van der Waals surface area contributed by atoms with E-state index >= 15 is 8.78 Å². The molecule has 3 aromatic carbocycles. The zero-order valence-corrected chi connectivity index (χ0v) is 26.9. The van der Waals surface area contributed by atoms with Gasteiger partial charge >= 0.3 is 5.97 Å². The van der Waals surface area contributed by atoms with Crippen molar-refractivity contribution in [2.24, 2.45) is 0 Å². The summed E-state index contributed by atoms with van der Waals surface area (Å²) in [5, 5.41) is 9.79. The number of carbonyl (C=O) groups is 1. The molecule has 0 saturated heterocycles. The lowest BCUT2D eigenvalue weighted by atomic mass is 9.94. The van der Waals surface area contributed by atoms with Crippen LogP contribution >= 0.6 is 0 Å². The minimum absolute atomic E-state index is 0.00884. The summed E-state index contributed by atoms with van der Waals surface area (Å²) in [4.78, 5) is 12.0. The molecule has 0 heterocycles. The number of hydrogen-bond acceptors (Lipinski definition) is 3. The van der Waals surface area contributed by atoms with Crippen molar-refractivity contribution >= 4 is 5.97 Å².